The molecule has 0 aromatic heterocycles. The first kappa shape index (κ1) is 27.1. The highest BCUT2D eigenvalue weighted by Crippen LogP contribution is 2.56. The molecule has 10 heteroatoms. The highest BCUT2D eigenvalue weighted by Gasteiger charge is 2.76. The minimum Gasteiger partial charge on any atom is -0.614 e. The van der Waals surface area contributed by atoms with E-state index in [0.29, 0.717) is 0 Å². The van der Waals surface area contributed by atoms with Crippen LogP contribution in [-0.4, -0.2) is 64.9 Å². The predicted octanol–water partition coefficient (Wildman–Crippen LogP) is 2.58. The molecule has 2 fully saturated rings. The van der Waals surface area contributed by atoms with E-state index in [0.717, 1.165) is 0 Å². The number of carbonyl (C=O) groups is 3. The number of β-lactam (4-membered cyclic amide) rings is 1. The van der Waals surface area contributed by atoms with Gasteiger partial charge in [-0.2, -0.15) is 0 Å². The van der Waals surface area contributed by atoms with Gasteiger partial charge in [0.25, 0.3) is 0 Å². The molecule has 1 unspecified atom stereocenters. The highest BCUT2D eigenvalue weighted by atomic mass is 32.2. The molecule has 2 saturated heterocycles. The number of rotatable bonds is 6. The van der Waals surface area contributed by atoms with Gasteiger partial charge in [-0.3, -0.25) is 14.5 Å². The van der Waals surface area contributed by atoms with Crippen molar-refractivity contribution in [1.29, 1.82) is 0 Å². The molecule has 32 heavy (non-hydrogen) atoms. The molecular weight excluding hydrogens is 450 g/mol. The summed E-state index contributed by atoms with van der Waals surface area (Å²) in [5.41, 5.74) is -1.94. The number of esters is 2. The Labute approximate surface area is 196 Å². The lowest BCUT2D eigenvalue weighted by atomic mass is 9.66. The molecule has 0 radical (unpaired) electrons. The summed E-state index contributed by atoms with van der Waals surface area (Å²) in [6.07, 6.45) is 0. The van der Waals surface area contributed by atoms with Crippen LogP contribution in [0.15, 0.2) is 0 Å². The zero-order valence-electron chi connectivity index (χ0n) is 21.2. The van der Waals surface area contributed by atoms with Crippen LogP contribution >= 0.6 is 0 Å². The van der Waals surface area contributed by atoms with Crippen LogP contribution in [-0.2, 0) is 39.5 Å². The summed E-state index contributed by atoms with van der Waals surface area (Å²) in [6, 6.07) is -1.02. The van der Waals surface area contributed by atoms with Crippen molar-refractivity contribution < 1.29 is 32.8 Å². The van der Waals surface area contributed by atoms with Crippen LogP contribution in [0.2, 0.25) is 13.1 Å². The molecular formula is C22H39NO7SSi. The lowest BCUT2D eigenvalue weighted by Gasteiger charge is -2.55. The molecule has 2 aliphatic rings. The molecule has 1 amide bonds. The number of amides is 1. The van der Waals surface area contributed by atoms with Crippen molar-refractivity contribution >= 4 is 38.1 Å². The molecule has 0 spiro atoms. The van der Waals surface area contributed by atoms with Gasteiger partial charge in [-0.25, -0.2) is 4.79 Å². The van der Waals surface area contributed by atoms with E-state index in [9.17, 15) is 18.9 Å². The van der Waals surface area contributed by atoms with Crippen molar-refractivity contribution in [2.45, 2.75) is 97.2 Å². The van der Waals surface area contributed by atoms with Crippen LogP contribution < -0.4 is 0 Å². The molecule has 2 heterocycles. The van der Waals surface area contributed by atoms with Gasteiger partial charge in [0.2, 0.25) is 18.1 Å². The van der Waals surface area contributed by atoms with E-state index >= 15 is 0 Å². The summed E-state index contributed by atoms with van der Waals surface area (Å²) in [5.74, 6) is -2.10. The molecule has 0 N–H and O–H groups in total. The maximum absolute atomic E-state index is 13.5. The van der Waals surface area contributed by atoms with E-state index in [2.05, 4.69) is 0 Å². The van der Waals surface area contributed by atoms with Crippen molar-refractivity contribution in [2.24, 2.45) is 16.7 Å². The third-order valence-electron chi connectivity index (χ3n) is 6.54. The van der Waals surface area contributed by atoms with Gasteiger partial charge in [0.05, 0.1) is 11.0 Å². The third kappa shape index (κ3) is 4.47. The zero-order valence-corrected chi connectivity index (χ0v) is 23.2. The summed E-state index contributed by atoms with van der Waals surface area (Å²) < 4.78 is 29.1. The number of carbonyl (C=O) groups excluding carboxylic acids is 3. The van der Waals surface area contributed by atoms with Crippen molar-refractivity contribution in [3.8, 4) is 0 Å². The molecule has 0 saturated carbocycles. The Balaban J connectivity index is 2.27. The average Bonchev–Trinajstić information content (AvgIpc) is 2.76. The van der Waals surface area contributed by atoms with E-state index in [4.69, 9.17) is 13.9 Å². The molecule has 5 atom stereocenters. The Hall–Kier alpha value is -1.10. The lowest BCUT2D eigenvalue weighted by molar-refractivity contribution is -0.191. The Morgan fingerprint density at radius 1 is 1.09 bits per heavy atom. The van der Waals surface area contributed by atoms with Gasteiger partial charge in [0.1, 0.15) is 5.92 Å². The van der Waals surface area contributed by atoms with Gasteiger partial charge in [-0.05, 0) is 71.2 Å². The average molecular weight is 490 g/mol. The molecule has 0 bridgehead atoms. The van der Waals surface area contributed by atoms with Crippen LogP contribution in [0.3, 0.4) is 0 Å². The summed E-state index contributed by atoms with van der Waals surface area (Å²) in [7, 11) is -1.54. The van der Waals surface area contributed by atoms with Gasteiger partial charge in [-0.15, -0.1) is 0 Å². The fraction of sp³-hybridized carbons (Fsp3) is 0.864. The monoisotopic (exact) mass is 489 g/mol. The second-order valence-corrected chi connectivity index (χ2v) is 16.2. The van der Waals surface area contributed by atoms with Gasteiger partial charge in [-0.1, -0.05) is 20.8 Å². The van der Waals surface area contributed by atoms with Crippen LogP contribution in [0.25, 0.3) is 0 Å². The molecule has 184 valence electrons. The van der Waals surface area contributed by atoms with Gasteiger partial charge in [0.15, 0.2) is 19.8 Å². The maximum atomic E-state index is 13.5. The van der Waals surface area contributed by atoms with Crippen molar-refractivity contribution in [2.75, 3.05) is 6.79 Å². The van der Waals surface area contributed by atoms with Crippen LogP contribution in [0.4, 0.5) is 0 Å². The molecule has 0 aliphatic carbocycles. The molecule has 2 rings (SSSR count). The maximum Gasteiger partial charge on any atom is 0.337 e. The Bertz CT molecular complexity index is 773. The SMILES string of the molecule is C[SiH](C)O[C@@](C)([C@@H]1C(=O)N2[C@@H]1[S+]([O-])C(C)(C)[C@@H]2C(=O)OCOC(=O)C(C)(C)C)C(C)(C)C. The largest absolute Gasteiger partial charge is 0.614 e. The molecule has 8 nitrogen and oxygen atoms in total. The summed E-state index contributed by atoms with van der Waals surface area (Å²) >= 11 is -1.52. The first-order valence-corrected chi connectivity index (χ1v) is 15.0. The summed E-state index contributed by atoms with van der Waals surface area (Å²) in [6.45, 7) is 20.0. The van der Waals surface area contributed by atoms with Crippen molar-refractivity contribution in [3.63, 3.8) is 0 Å². The number of hydrogen-bond acceptors (Lipinski definition) is 7. The number of nitrogens with zero attached hydrogens (tertiary/aromatic N) is 1. The van der Waals surface area contributed by atoms with Crippen LogP contribution in [0.1, 0.15) is 62.3 Å². The van der Waals surface area contributed by atoms with Gasteiger partial charge in [0, 0.05) is 0 Å². The normalized spacial score (nSPS) is 29.3. The van der Waals surface area contributed by atoms with Crippen LogP contribution in [0.5, 0.6) is 0 Å². The van der Waals surface area contributed by atoms with Crippen LogP contribution in [0, 0.1) is 16.7 Å². The second kappa shape index (κ2) is 8.59. The third-order valence-corrected chi connectivity index (χ3v) is 9.70. The fourth-order valence-electron chi connectivity index (χ4n) is 4.29. The first-order chi connectivity index (χ1) is 14.3. The highest BCUT2D eigenvalue weighted by molar-refractivity contribution is 7.93. The van der Waals surface area contributed by atoms with E-state index < -0.39 is 72.0 Å². The molecule has 2 aliphatic heterocycles. The minimum absolute atomic E-state index is 0.255. The number of ether oxygens (including phenoxy) is 2. The quantitative estimate of drug-likeness (QED) is 0.186. The Morgan fingerprint density at radius 2 is 1.62 bits per heavy atom. The smallest absolute Gasteiger partial charge is 0.337 e. The molecule has 0 aromatic carbocycles. The number of hydrogen-bond donors (Lipinski definition) is 0. The Morgan fingerprint density at radius 3 is 2.06 bits per heavy atom. The Kier molecular flexibility index (Phi) is 7.29. The zero-order chi connectivity index (χ0) is 25.0. The lowest BCUT2D eigenvalue weighted by Crippen LogP contribution is -2.72. The minimum atomic E-state index is -1.54. The standard InChI is InChI=1S/C22H39NO7SSi/c1-19(2,3)18(26)29-12-28-17(25)14-21(7,8)31(27)16-13(15(24)23(14)16)22(9,20(4,5)6)30-32(10)11/h13-14,16,32H,12H2,1-11H3/t13-,14+,16-,22+,31?/m1/s1. The van der Waals surface area contributed by atoms with E-state index in [1.165, 1.54) is 4.90 Å². The number of fused-ring (bicyclic) bond motifs is 1. The topological polar surface area (TPSA) is 105 Å². The summed E-state index contributed by atoms with van der Waals surface area (Å²) in [5, 5.41) is -0.635. The fourth-order valence-corrected chi connectivity index (χ4v) is 7.88. The van der Waals surface area contributed by atoms with Gasteiger partial charge >= 0.3 is 11.9 Å². The van der Waals surface area contributed by atoms with Gasteiger partial charge < -0.3 is 18.5 Å². The van der Waals surface area contributed by atoms with Crippen molar-refractivity contribution in [1.82, 2.24) is 4.90 Å². The van der Waals surface area contributed by atoms with E-state index in [1.54, 1.807) is 34.6 Å². The van der Waals surface area contributed by atoms with E-state index in [-0.39, 0.29) is 11.3 Å². The van der Waals surface area contributed by atoms with Crippen molar-refractivity contribution in [3.05, 3.63) is 0 Å². The molecule has 0 aromatic rings. The second-order valence-electron chi connectivity index (χ2n) is 11.7. The predicted molar refractivity (Wildman–Crippen MR) is 124 cm³/mol. The van der Waals surface area contributed by atoms with E-state index in [1.807, 2.05) is 40.8 Å². The summed E-state index contributed by atoms with van der Waals surface area (Å²) in [4.78, 5) is 39.7. The first-order valence-electron chi connectivity index (χ1n) is 11.0.